The molecule has 0 unspecified atom stereocenters. The predicted molar refractivity (Wildman–Crippen MR) is 146 cm³/mol. The minimum absolute atomic E-state index is 0.0490. The van der Waals surface area contributed by atoms with Gasteiger partial charge in [0, 0.05) is 33.4 Å². The molecule has 1 saturated carbocycles. The van der Waals surface area contributed by atoms with Gasteiger partial charge in [-0.05, 0) is 60.9 Å². The lowest BCUT2D eigenvalue weighted by Gasteiger charge is -2.24. The van der Waals surface area contributed by atoms with Crippen LogP contribution in [0.15, 0.2) is 59.1 Å². The van der Waals surface area contributed by atoms with E-state index in [0.717, 1.165) is 22.1 Å². The monoisotopic (exact) mass is 473 g/mol. The Labute approximate surface area is 212 Å². The molecule has 3 heterocycles. The number of hydrogen-bond donors (Lipinski definition) is 0. The van der Waals surface area contributed by atoms with Gasteiger partial charge in [0.25, 0.3) is 0 Å². The highest BCUT2D eigenvalue weighted by molar-refractivity contribution is 6.10. The molecule has 0 aliphatic heterocycles. The zero-order valence-electron chi connectivity index (χ0n) is 21.9. The number of nitrogens with zero attached hydrogens (tertiary/aromatic N) is 2. The SMILES string of the molecule is Cc1c[n+](C)c(-c2c(C)ccc3c2oc2nc4c(cc23)-c2ccccc2C42CCCC2)cc1C(C)C. The van der Waals surface area contributed by atoms with Crippen LogP contribution in [0, 0.1) is 13.8 Å². The molecule has 36 heavy (non-hydrogen) atoms. The molecule has 5 aromatic rings. The fourth-order valence-corrected chi connectivity index (χ4v) is 7.17. The molecule has 0 bridgehead atoms. The lowest BCUT2D eigenvalue weighted by atomic mass is 9.79. The minimum atomic E-state index is 0.0490. The largest absolute Gasteiger partial charge is 0.437 e. The summed E-state index contributed by atoms with van der Waals surface area (Å²) in [7, 11) is 2.14. The average Bonchev–Trinajstić information content (AvgIpc) is 3.55. The van der Waals surface area contributed by atoms with E-state index in [2.05, 4.69) is 94.0 Å². The maximum Gasteiger partial charge on any atom is 0.227 e. The van der Waals surface area contributed by atoms with Crippen LogP contribution in [-0.2, 0) is 12.5 Å². The number of fused-ring (bicyclic) bond motifs is 8. The van der Waals surface area contributed by atoms with Crippen molar-refractivity contribution in [3.05, 3.63) is 82.7 Å². The van der Waals surface area contributed by atoms with Crippen LogP contribution in [0.2, 0.25) is 0 Å². The van der Waals surface area contributed by atoms with Crippen molar-refractivity contribution in [1.29, 1.82) is 0 Å². The van der Waals surface area contributed by atoms with Gasteiger partial charge in [0.15, 0.2) is 11.8 Å². The third kappa shape index (κ3) is 2.80. The number of rotatable bonds is 2. The molecule has 3 heteroatoms. The second-order valence-electron chi connectivity index (χ2n) is 11.4. The van der Waals surface area contributed by atoms with Gasteiger partial charge in [-0.2, -0.15) is 0 Å². The summed E-state index contributed by atoms with van der Waals surface area (Å²) >= 11 is 0. The molecular formula is C33H33N2O+. The van der Waals surface area contributed by atoms with E-state index in [-0.39, 0.29) is 5.41 Å². The molecule has 2 aromatic carbocycles. The summed E-state index contributed by atoms with van der Waals surface area (Å²) in [4.78, 5) is 5.32. The first-order valence-corrected chi connectivity index (χ1v) is 13.4. The topological polar surface area (TPSA) is 29.9 Å². The molecule has 2 aliphatic carbocycles. The summed E-state index contributed by atoms with van der Waals surface area (Å²) in [5.41, 5.74) is 13.4. The Balaban J connectivity index is 1.53. The Morgan fingerprint density at radius 1 is 0.917 bits per heavy atom. The van der Waals surface area contributed by atoms with Gasteiger partial charge in [-0.15, -0.1) is 0 Å². The van der Waals surface area contributed by atoms with Gasteiger partial charge in [0.05, 0.1) is 11.3 Å². The summed E-state index contributed by atoms with van der Waals surface area (Å²) in [5, 5.41) is 2.27. The number of benzene rings is 2. The van der Waals surface area contributed by atoms with E-state index in [0.29, 0.717) is 5.92 Å². The van der Waals surface area contributed by atoms with Crippen LogP contribution >= 0.6 is 0 Å². The Bertz CT molecular complexity index is 1700. The normalized spacial score (nSPS) is 15.9. The number of furan rings is 1. The number of aromatic nitrogens is 2. The third-order valence-electron chi connectivity index (χ3n) is 8.88. The van der Waals surface area contributed by atoms with Gasteiger partial charge in [0.2, 0.25) is 11.4 Å². The maximum absolute atomic E-state index is 6.71. The first kappa shape index (κ1) is 21.8. The quantitative estimate of drug-likeness (QED) is 0.243. The molecule has 2 aliphatic rings. The molecule has 1 fully saturated rings. The number of hydrogen-bond acceptors (Lipinski definition) is 2. The first-order chi connectivity index (χ1) is 17.4. The van der Waals surface area contributed by atoms with Crippen molar-refractivity contribution in [2.75, 3.05) is 0 Å². The van der Waals surface area contributed by atoms with E-state index in [9.17, 15) is 0 Å². The van der Waals surface area contributed by atoms with E-state index >= 15 is 0 Å². The molecule has 3 aromatic heterocycles. The van der Waals surface area contributed by atoms with Gasteiger partial charge >= 0.3 is 0 Å². The molecule has 0 N–H and O–H groups in total. The van der Waals surface area contributed by atoms with Crippen LogP contribution in [0.4, 0.5) is 0 Å². The highest BCUT2D eigenvalue weighted by Gasteiger charge is 2.46. The summed E-state index contributed by atoms with van der Waals surface area (Å²) in [5.74, 6) is 0.465. The van der Waals surface area contributed by atoms with Crippen molar-refractivity contribution in [3.8, 4) is 22.4 Å². The van der Waals surface area contributed by atoms with Crippen molar-refractivity contribution in [3.63, 3.8) is 0 Å². The molecule has 0 atom stereocenters. The number of aryl methyl sites for hydroxylation is 3. The van der Waals surface area contributed by atoms with E-state index in [1.54, 1.807) is 0 Å². The van der Waals surface area contributed by atoms with E-state index in [1.807, 2.05) is 0 Å². The van der Waals surface area contributed by atoms with Crippen molar-refractivity contribution in [2.45, 2.75) is 64.7 Å². The maximum atomic E-state index is 6.71. The lowest BCUT2D eigenvalue weighted by molar-refractivity contribution is -0.660. The summed E-state index contributed by atoms with van der Waals surface area (Å²) in [6.07, 6.45) is 7.13. The van der Waals surface area contributed by atoms with E-state index in [4.69, 9.17) is 9.40 Å². The molecule has 1 spiro atoms. The van der Waals surface area contributed by atoms with Crippen LogP contribution in [0.1, 0.15) is 73.4 Å². The first-order valence-electron chi connectivity index (χ1n) is 13.4. The van der Waals surface area contributed by atoms with Crippen LogP contribution in [0.5, 0.6) is 0 Å². The second-order valence-corrected chi connectivity index (χ2v) is 11.4. The fraction of sp³-hybridized carbons (Fsp3) is 0.333. The van der Waals surface area contributed by atoms with E-state index < -0.39 is 0 Å². The van der Waals surface area contributed by atoms with Gasteiger partial charge in [0.1, 0.15) is 7.05 Å². The minimum Gasteiger partial charge on any atom is -0.437 e. The fourth-order valence-electron chi connectivity index (χ4n) is 7.17. The van der Waals surface area contributed by atoms with Crippen LogP contribution < -0.4 is 4.57 Å². The Morgan fingerprint density at radius 3 is 2.47 bits per heavy atom. The second kappa shape index (κ2) is 7.52. The van der Waals surface area contributed by atoms with Gasteiger partial charge in [-0.25, -0.2) is 9.55 Å². The molecule has 0 amide bonds. The third-order valence-corrected chi connectivity index (χ3v) is 8.88. The van der Waals surface area contributed by atoms with Crippen molar-refractivity contribution in [2.24, 2.45) is 7.05 Å². The molecule has 180 valence electrons. The average molecular weight is 474 g/mol. The van der Waals surface area contributed by atoms with Gasteiger partial charge in [-0.1, -0.05) is 63.1 Å². The molecule has 0 radical (unpaired) electrons. The van der Waals surface area contributed by atoms with Gasteiger partial charge in [-0.3, -0.25) is 0 Å². The predicted octanol–water partition coefficient (Wildman–Crippen LogP) is 8.05. The molecule has 3 nitrogen and oxygen atoms in total. The summed E-state index contributed by atoms with van der Waals surface area (Å²) < 4.78 is 8.95. The van der Waals surface area contributed by atoms with Crippen LogP contribution in [0.25, 0.3) is 44.5 Å². The van der Waals surface area contributed by atoms with Crippen LogP contribution in [0.3, 0.4) is 0 Å². The molecular weight excluding hydrogens is 440 g/mol. The lowest BCUT2D eigenvalue weighted by Crippen LogP contribution is -2.32. The molecule has 0 saturated heterocycles. The van der Waals surface area contributed by atoms with Crippen molar-refractivity contribution in [1.82, 2.24) is 4.98 Å². The van der Waals surface area contributed by atoms with Crippen molar-refractivity contribution >= 4 is 22.1 Å². The Hall–Kier alpha value is -3.46. The molecule has 7 rings (SSSR count). The highest BCUT2D eigenvalue weighted by Crippen LogP contribution is 2.57. The zero-order valence-corrected chi connectivity index (χ0v) is 21.9. The summed E-state index contributed by atoms with van der Waals surface area (Å²) in [6, 6.07) is 18.1. The smallest absolute Gasteiger partial charge is 0.227 e. The highest BCUT2D eigenvalue weighted by atomic mass is 16.3. The van der Waals surface area contributed by atoms with Crippen molar-refractivity contribution < 1.29 is 8.98 Å². The zero-order chi connectivity index (χ0) is 24.8. The van der Waals surface area contributed by atoms with E-state index in [1.165, 1.54) is 76.0 Å². The van der Waals surface area contributed by atoms with Crippen LogP contribution in [-0.4, -0.2) is 4.98 Å². The Kier molecular flexibility index (Phi) is 4.55. The van der Waals surface area contributed by atoms with Gasteiger partial charge < -0.3 is 4.42 Å². The Morgan fingerprint density at radius 2 is 1.69 bits per heavy atom. The standard InChI is InChI=1S/C33H33N2O/c1-19(2)24-17-28(35(5)18-21(24)4)29-20(3)12-13-23-26-16-25-22-10-6-7-11-27(22)33(14-8-9-15-33)31(25)34-32(26)36-30(23)29/h6-7,10-13,16-19H,8-9,14-15H2,1-5H3/q+1. The number of pyridine rings is 2. The summed E-state index contributed by atoms with van der Waals surface area (Å²) in [6.45, 7) is 8.93.